The van der Waals surface area contributed by atoms with Gasteiger partial charge in [0.2, 0.25) is 0 Å². The molecule has 0 nitrogen and oxygen atoms in total. The molecule has 1 radical (unpaired) electrons. The van der Waals surface area contributed by atoms with Crippen LogP contribution in [-0.2, 0) is 26.2 Å². The van der Waals surface area contributed by atoms with Gasteiger partial charge >= 0.3 is 26.2 Å². The largest absolute Gasteiger partial charge is 4.00 e. The van der Waals surface area contributed by atoms with Gasteiger partial charge in [0.15, 0.2) is 0 Å². The summed E-state index contributed by atoms with van der Waals surface area (Å²) in [5.41, 5.74) is 7.32. The van der Waals surface area contributed by atoms with E-state index in [2.05, 4.69) is 78.9 Å². The van der Waals surface area contributed by atoms with Gasteiger partial charge in [0.05, 0.1) is 0 Å². The molecule has 4 heteroatoms. The molecule has 4 aliphatic carbocycles. The van der Waals surface area contributed by atoms with E-state index in [1.54, 1.807) is 22.3 Å². The standard InChI is InChI=1S/2C13H19.C2H7Si.2ClH.Zr/c2*1-13(2,3)12-9-8-10-6-4-5-7-11(10)12;1-3-2;;;/h2*8,12H,4-7H2,1-3H3;3H,1-2H3;2*1H;/q2*-1;;;;+4/p-2. The number of rotatable bonds is 0. The second kappa shape index (κ2) is 15.6. The molecule has 0 aromatic carbocycles. The summed E-state index contributed by atoms with van der Waals surface area (Å²) in [5.74, 6) is 1.20. The first kappa shape index (κ1) is 34.8. The average molecular weight is 572 g/mol. The first-order valence-electron chi connectivity index (χ1n) is 12.0. The maximum atomic E-state index is 3.54. The smallest absolute Gasteiger partial charge is 1.00 e. The Balaban J connectivity index is 0. The molecule has 4 aliphatic rings. The molecule has 0 aromatic heterocycles. The van der Waals surface area contributed by atoms with Gasteiger partial charge in [-0.1, -0.05) is 105 Å². The predicted octanol–water partition coefficient (Wildman–Crippen LogP) is 2.31. The van der Waals surface area contributed by atoms with E-state index >= 15 is 0 Å². The third-order valence-corrected chi connectivity index (χ3v) is 6.39. The van der Waals surface area contributed by atoms with Gasteiger partial charge in [0, 0.05) is 9.52 Å². The van der Waals surface area contributed by atoms with Crippen molar-refractivity contribution >= 4 is 9.52 Å². The average Bonchev–Trinajstić information content (AvgIpc) is 3.26. The predicted molar refractivity (Wildman–Crippen MR) is 131 cm³/mol. The normalized spacial score (nSPS) is 23.4. The topological polar surface area (TPSA) is 0 Å². The number of halogens is 2. The van der Waals surface area contributed by atoms with E-state index in [4.69, 9.17) is 0 Å². The fourth-order valence-corrected chi connectivity index (χ4v) is 5.01. The van der Waals surface area contributed by atoms with E-state index in [-0.39, 0.29) is 51.0 Å². The van der Waals surface area contributed by atoms with Crippen molar-refractivity contribution in [2.45, 2.75) is 106 Å². The monoisotopic (exact) mass is 569 g/mol. The number of hydrogen-bond donors (Lipinski definition) is 0. The Labute approximate surface area is 234 Å². The molecule has 0 aliphatic heterocycles. The van der Waals surface area contributed by atoms with Gasteiger partial charge in [-0.25, -0.2) is 12.2 Å². The fourth-order valence-electron chi connectivity index (χ4n) is 5.01. The quantitative estimate of drug-likeness (QED) is 0.309. The Morgan fingerprint density at radius 3 is 1.22 bits per heavy atom. The fraction of sp³-hybridized carbons (Fsp3) is 0.714. The van der Waals surface area contributed by atoms with Crippen LogP contribution >= 0.6 is 0 Å². The van der Waals surface area contributed by atoms with Crippen LogP contribution in [0.4, 0.5) is 0 Å². The second-order valence-corrected chi connectivity index (χ2v) is 12.5. The summed E-state index contributed by atoms with van der Waals surface area (Å²) in [4.78, 5) is 0. The Bertz CT molecular complexity index is 617. The summed E-state index contributed by atoms with van der Waals surface area (Å²) in [6.45, 7) is 18.4. The zero-order valence-corrected chi connectivity index (χ0v) is 26.9. The molecule has 0 fully saturated rings. The molecule has 0 aromatic rings. The number of hydrogen-bond acceptors (Lipinski definition) is 0. The Morgan fingerprint density at radius 2 is 0.938 bits per heavy atom. The van der Waals surface area contributed by atoms with Crippen molar-refractivity contribution in [3.05, 3.63) is 46.6 Å². The van der Waals surface area contributed by atoms with Crippen molar-refractivity contribution in [2.24, 2.45) is 22.7 Å². The van der Waals surface area contributed by atoms with Crippen molar-refractivity contribution < 1.29 is 51.0 Å². The summed E-state index contributed by atoms with van der Waals surface area (Å²) >= 11 is 0. The molecule has 2 atom stereocenters. The summed E-state index contributed by atoms with van der Waals surface area (Å²) in [5, 5.41) is 0. The molecular weight excluding hydrogens is 527 g/mol. The van der Waals surface area contributed by atoms with E-state index in [1.165, 1.54) is 51.4 Å². The second-order valence-electron chi connectivity index (χ2n) is 11.3. The molecular formula is C28H45Cl2SiZr. The van der Waals surface area contributed by atoms with Crippen molar-refractivity contribution in [1.82, 2.24) is 0 Å². The van der Waals surface area contributed by atoms with Crippen LogP contribution in [0.15, 0.2) is 34.4 Å². The minimum atomic E-state index is 0. The number of allylic oxidation sites excluding steroid dienone is 8. The van der Waals surface area contributed by atoms with E-state index in [1.807, 2.05) is 0 Å². The van der Waals surface area contributed by atoms with Gasteiger partial charge in [-0.05, 0) is 23.7 Å². The van der Waals surface area contributed by atoms with Crippen LogP contribution in [0.25, 0.3) is 0 Å². The van der Waals surface area contributed by atoms with Gasteiger partial charge in [0.25, 0.3) is 0 Å². The molecule has 0 amide bonds. The molecule has 4 rings (SSSR count). The van der Waals surface area contributed by atoms with Gasteiger partial charge in [0.1, 0.15) is 0 Å². The zero-order chi connectivity index (χ0) is 21.7. The van der Waals surface area contributed by atoms with Crippen LogP contribution in [0, 0.1) is 34.8 Å². The van der Waals surface area contributed by atoms with Crippen molar-refractivity contribution in [3.63, 3.8) is 0 Å². The molecule has 0 saturated heterocycles. The maximum Gasteiger partial charge on any atom is 4.00 e. The molecule has 32 heavy (non-hydrogen) atoms. The molecule has 0 heterocycles. The van der Waals surface area contributed by atoms with Crippen molar-refractivity contribution in [3.8, 4) is 0 Å². The van der Waals surface area contributed by atoms with E-state index in [0.29, 0.717) is 22.7 Å². The van der Waals surface area contributed by atoms with E-state index < -0.39 is 0 Å². The van der Waals surface area contributed by atoms with Gasteiger partial charge < -0.3 is 24.8 Å². The van der Waals surface area contributed by atoms with Crippen molar-refractivity contribution in [2.75, 3.05) is 0 Å². The zero-order valence-electron chi connectivity index (χ0n) is 21.8. The van der Waals surface area contributed by atoms with Crippen LogP contribution in [0.1, 0.15) is 92.9 Å². The van der Waals surface area contributed by atoms with Crippen molar-refractivity contribution in [1.29, 1.82) is 0 Å². The first-order chi connectivity index (χ1) is 13.6. The molecule has 2 unspecified atom stereocenters. The van der Waals surface area contributed by atoms with Gasteiger partial charge in [-0.2, -0.15) is 22.3 Å². The maximum absolute atomic E-state index is 3.54. The summed E-state index contributed by atoms with van der Waals surface area (Å²) in [6, 6.07) is 0. The third-order valence-electron chi connectivity index (χ3n) is 6.39. The summed E-state index contributed by atoms with van der Waals surface area (Å²) in [6.07, 6.45) is 22.4. The van der Waals surface area contributed by atoms with Crippen LogP contribution in [0.2, 0.25) is 13.1 Å². The Hall–Kier alpha value is 0.640. The third kappa shape index (κ3) is 9.71. The molecule has 179 valence electrons. The van der Waals surface area contributed by atoms with Gasteiger partial charge in [-0.15, -0.1) is 0 Å². The minimum absolute atomic E-state index is 0. The molecule has 0 bridgehead atoms. The molecule has 0 spiro atoms. The molecule has 0 N–H and O–H groups in total. The first-order valence-corrected chi connectivity index (χ1v) is 14.3. The van der Waals surface area contributed by atoms with E-state index in [0.717, 1.165) is 9.52 Å². The van der Waals surface area contributed by atoms with Crippen LogP contribution in [0.3, 0.4) is 0 Å². The minimum Gasteiger partial charge on any atom is -1.00 e. The van der Waals surface area contributed by atoms with Crippen LogP contribution in [-0.4, -0.2) is 9.52 Å². The Morgan fingerprint density at radius 1 is 0.656 bits per heavy atom. The SMILES string of the molecule is CC(C)(C)C1[C-]=CC2=C1CCCC2.CC(C)(C)C1[C-]=CC2=C1CCCC2.C[SiH]C.[Cl-].[Cl-].[Zr+4]. The van der Waals surface area contributed by atoms with E-state index in [9.17, 15) is 0 Å². The van der Waals surface area contributed by atoms with Crippen LogP contribution in [0.5, 0.6) is 0 Å². The Kier molecular flexibility index (Phi) is 17.0. The molecule has 0 saturated carbocycles. The van der Waals surface area contributed by atoms with Crippen LogP contribution < -0.4 is 24.8 Å². The summed E-state index contributed by atoms with van der Waals surface area (Å²) in [7, 11) is 0.750. The summed E-state index contributed by atoms with van der Waals surface area (Å²) < 4.78 is 0. The van der Waals surface area contributed by atoms with Gasteiger partial charge in [-0.3, -0.25) is 12.2 Å².